The molecule has 1 amide bonds. The first-order valence-corrected chi connectivity index (χ1v) is 10.1. The second kappa shape index (κ2) is 10.1. The first kappa shape index (κ1) is 23.2. The first-order chi connectivity index (χ1) is 14.1. The molecule has 0 bridgehead atoms. The van der Waals surface area contributed by atoms with E-state index in [1.54, 1.807) is 33.2 Å². The molecule has 0 saturated carbocycles. The molecule has 0 radical (unpaired) electrons. The van der Waals surface area contributed by atoms with Crippen molar-refractivity contribution in [2.75, 3.05) is 6.61 Å². The smallest absolute Gasteiger partial charge is 0.405 e. The number of nitrogens with zero attached hydrogens (tertiary/aromatic N) is 1. The summed E-state index contributed by atoms with van der Waals surface area (Å²) in [5.74, 6) is 1.48. The van der Waals surface area contributed by atoms with Crippen LogP contribution in [-0.4, -0.2) is 28.3 Å². The molecule has 0 aliphatic rings. The Morgan fingerprint density at radius 2 is 1.90 bits per heavy atom. The summed E-state index contributed by atoms with van der Waals surface area (Å²) in [5, 5.41) is 2.53. The third-order valence-electron chi connectivity index (χ3n) is 4.20. The van der Waals surface area contributed by atoms with E-state index in [0.29, 0.717) is 17.9 Å². The van der Waals surface area contributed by atoms with Gasteiger partial charge in [-0.25, -0.2) is 4.79 Å². The van der Waals surface area contributed by atoms with Gasteiger partial charge in [-0.2, -0.15) is 0 Å². The first-order valence-electron chi connectivity index (χ1n) is 10.1. The topological polar surface area (TPSA) is 107 Å². The highest BCUT2D eigenvalue weighted by Crippen LogP contribution is 2.24. The van der Waals surface area contributed by atoms with E-state index in [1.165, 1.54) is 0 Å². The van der Waals surface area contributed by atoms with Crippen LogP contribution in [-0.2, 0) is 4.74 Å². The molecule has 162 valence electrons. The maximum Gasteiger partial charge on any atom is 0.405 e. The Morgan fingerprint density at radius 3 is 2.50 bits per heavy atom. The summed E-state index contributed by atoms with van der Waals surface area (Å²) in [4.78, 5) is 29.0. The van der Waals surface area contributed by atoms with Crippen LogP contribution in [0.3, 0.4) is 0 Å². The van der Waals surface area contributed by atoms with Gasteiger partial charge in [0.2, 0.25) is 0 Å². The summed E-state index contributed by atoms with van der Waals surface area (Å²) < 4.78 is 10.4. The van der Waals surface area contributed by atoms with Gasteiger partial charge in [0.1, 0.15) is 11.4 Å². The molecule has 0 fully saturated rings. The lowest BCUT2D eigenvalue weighted by atomic mass is 10.1. The zero-order valence-corrected chi connectivity index (χ0v) is 18.3. The molecule has 2 heterocycles. The van der Waals surface area contributed by atoms with Crippen molar-refractivity contribution in [3.05, 3.63) is 47.0 Å². The summed E-state index contributed by atoms with van der Waals surface area (Å²) in [5.41, 5.74) is 4.94. The molecule has 0 saturated heterocycles. The highest BCUT2D eigenvalue weighted by atomic mass is 16.6. The van der Waals surface area contributed by atoms with Gasteiger partial charge < -0.3 is 20.2 Å². The van der Waals surface area contributed by atoms with E-state index in [9.17, 15) is 9.59 Å². The molecule has 2 aromatic heterocycles. The number of pyridine rings is 2. The average molecular weight is 414 g/mol. The van der Waals surface area contributed by atoms with Crippen molar-refractivity contribution in [3.63, 3.8) is 0 Å². The number of fused-ring (bicyclic) bond motifs is 3. The fourth-order valence-corrected chi connectivity index (χ4v) is 2.93. The third-order valence-corrected chi connectivity index (χ3v) is 4.20. The largest absolute Gasteiger partial charge is 0.494 e. The number of benzene rings is 1. The van der Waals surface area contributed by atoms with E-state index >= 15 is 0 Å². The second-order valence-electron chi connectivity index (χ2n) is 8.50. The number of hydrogen-bond acceptors (Lipinski definition) is 5. The van der Waals surface area contributed by atoms with Crippen molar-refractivity contribution in [3.8, 4) is 5.75 Å². The van der Waals surface area contributed by atoms with E-state index in [2.05, 4.69) is 28.6 Å². The molecule has 1 aromatic carbocycles. The summed E-state index contributed by atoms with van der Waals surface area (Å²) in [7, 11) is 0. The maximum atomic E-state index is 12.1. The van der Waals surface area contributed by atoms with Crippen LogP contribution in [0.4, 0.5) is 4.79 Å². The Hall–Kier alpha value is -3.09. The molecule has 3 N–H and O–H groups in total. The molecular weight excluding hydrogens is 382 g/mol. The number of ether oxygens (including phenoxy) is 2. The molecular formula is C23H31N3O4. The maximum absolute atomic E-state index is 12.1. The van der Waals surface area contributed by atoms with E-state index in [0.717, 1.165) is 34.9 Å². The molecule has 0 aliphatic carbocycles. The highest BCUT2D eigenvalue weighted by molar-refractivity contribution is 6.05. The van der Waals surface area contributed by atoms with Gasteiger partial charge >= 0.3 is 6.09 Å². The van der Waals surface area contributed by atoms with Crippen LogP contribution in [0.25, 0.3) is 21.7 Å². The predicted octanol–water partition coefficient (Wildman–Crippen LogP) is 4.77. The number of carbonyl (C=O) groups is 1. The fourth-order valence-electron chi connectivity index (χ4n) is 2.93. The number of nitrogens with two attached hydrogens (primary N) is 1. The number of rotatable bonds is 5. The quantitative estimate of drug-likeness (QED) is 0.463. The van der Waals surface area contributed by atoms with E-state index < -0.39 is 11.7 Å². The number of nitrogens with one attached hydrogen (secondary N) is 1. The Balaban J connectivity index is 0.000000343. The van der Waals surface area contributed by atoms with Crippen LogP contribution in [0.5, 0.6) is 5.75 Å². The summed E-state index contributed by atoms with van der Waals surface area (Å²) >= 11 is 0. The number of aromatic amines is 1. The lowest BCUT2D eigenvalue weighted by Crippen LogP contribution is -2.27. The molecule has 3 aromatic rings. The van der Waals surface area contributed by atoms with Crippen LogP contribution in [0.1, 0.15) is 47.5 Å². The van der Waals surface area contributed by atoms with E-state index in [-0.39, 0.29) is 5.56 Å². The van der Waals surface area contributed by atoms with Gasteiger partial charge in [0.15, 0.2) is 0 Å². The van der Waals surface area contributed by atoms with Crippen molar-refractivity contribution in [1.82, 2.24) is 9.97 Å². The number of carbonyl (C=O) groups excluding carboxylic acids is 1. The molecule has 0 spiro atoms. The zero-order chi connectivity index (χ0) is 22.3. The summed E-state index contributed by atoms with van der Waals surface area (Å²) in [6.07, 6.45) is 4.77. The number of H-pyrrole nitrogens is 1. The molecule has 7 heteroatoms. The van der Waals surface area contributed by atoms with Gasteiger partial charge in [-0.05, 0) is 63.1 Å². The monoisotopic (exact) mass is 413 g/mol. The lowest BCUT2D eigenvalue weighted by molar-refractivity contribution is 0.0600. The Bertz CT molecular complexity index is 1050. The van der Waals surface area contributed by atoms with Gasteiger partial charge in [0, 0.05) is 23.8 Å². The fraction of sp³-hybridized carbons (Fsp3) is 0.435. The van der Waals surface area contributed by atoms with E-state index in [1.807, 2.05) is 24.3 Å². The van der Waals surface area contributed by atoms with Crippen LogP contribution < -0.4 is 16.0 Å². The molecule has 0 aliphatic heterocycles. The molecule has 0 atom stereocenters. The van der Waals surface area contributed by atoms with Crippen LogP contribution in [0, 0.1) is 5.92 Å². The standard InChI is InChI=1S/C18H20N2O2.C5H11NO2/c1-12(2)4-3-9-22-13-5-6-15-14-7-8-19-11-16(14)18(21)20-17(15)10-13;1-5(2,3)8-4(6)7/h5-8,10-12H,3-4,9H2,1-2H3,(H,20,21);1-3H3,(H2,6,7). The van der Waals surface area contributed by atoms with Crippen molar-refractivity contribution < 1.29 is 14.3 Å². The number of amides is 1. The molecule has 30 heavy (non-hydrogen) atoms. The van der Waals surface area contributed by atoms with Crippen molar-refractivity contribution in [2.24, 2.45) is 11.7 Å². The predicted molar refractivity (Wildman–Crippen MR) is 120 cm³/mol. The molecule has 7 nitrogen and oxygen atoms in total. The van der Waals surface area contributed by atoms with Crippen molar-refractivity contribution in [1.29, 1.82) is 0 Å². The Morgan fingerprint density at radius 1 is 1.17 bits per heavy atom. The van der Waals surface area contributed by atoms with Crippen molar-refractivity contribution >= 4 is 27.8 Å². The lowest BCUT2D eigenvalue weighted by Gasteiger charge is -2.16. The second-order valence-corrected chi connectivity index (χ2v) is 8.50. The Labute approximate surface area is 176 Å². The van der Waals surface area contributed by atoms with Gasteiger partial charge in [-0.15, -0.1) is 0 Å². The van der Waals surface area contributed by atoms with Gasteiger partial charge in [-0.3, -0.25) is 9.78 Å². The number of hydrogen-bond donors (Lipinski definition) is 2. The minimum atomic E-state index is -0.725. The average Bonchev–Trinajstić information content (AvgIpc) is 2.64. The summed E-state index contributed by atoms with van der Waals surface area (Å²) in [6, 6.07) is 7.71. The van der Waals surface area contributed by atoms with Crippen LogP contribution >= 0.6 is 0 Å². The zero-order valence-electron chi connectivity index (χ0n) is 18.3. The van der Waals surface area contributed by atoms with Gasteiger partial charge in [0.25, 0.3) is 5.56 Å². The molecule has 3 rings (SSSR count). The number of aromatic nitrogens is 2. The van der Waals surface area contributed by atoms with Gasteiger partial charge in [-0.1, -0.05) is 13.8 Å². The normalized spacial score (nSPS) is 11.3. The van der Waals surface area contributed by atoms with Gasteiger partial charge in [0.05, 0.1) is 17.5 Å². The SMILES string of the molecule is CC(C)(C)OC(N)=O.CC(C)CCCOc1ccc2c(c1)[nH]c(=O)c1cnccc12. The third kappa shape index (κ3) is 7.06. The number of primary amides is 1. The molecule has 0 unspecified atom stereocenters. The summed E-state index contributed by atoms with van der Waals surface area (Å²) in [6.45, 7) is 10.4. The van der Waals surface area contributed by atoms with Crippen molar-refractivity contribution in [2.45, 2.75) is 53.1 Å². The Kier molecular flexibility index (Phi) is 7.80. The van der Waals surface area contributed by atoms with E-state index in [4.69, 9.17) is 10.5 Å². The minimum Gasteiger partial charge on any atom is -0.494 e. The van der Waals surface area contributed by atoms with Crippen LogP contribution in [0.2, 0.25) is 0 Å². The van der Waals surface area contributed by atoms with Crippen LogP contribution in [0.15, 0.2) is 41.5 Å². The minimum absolute atomic E-state index is 0.118. The highest BCUT2D eigenvalue weighted by Gasteiger charge is 2.12.